The molecule has 0 unspecified atom stereocenters. The fraction of sp³-hybridized carbons (Fsp3) is 0.500. The molecule has 19 heavy (non-hydrogen) atoms. The van der Waals surface area contributed by atoms with Gasteiger partial charge in [0.2, 0.25) is 5.95 Å². The van der Waals surface area contributed by atoms with Crippen molar-refractivity contribution < 1.29 is 0 Å². The predicted molar refractivity (Wildman–Crippen MR) is 81.7 cm³/mol. The molecule has 0 aromatic carbocycles. The molecule has 3 heterocycles. The maximum Gasteiger partial charge on any atom is 0.245 e. The third-order valence-electron chi connectivity index (χ3n) is 3.49. The molecule has 2 N–H and O–H groups in total. The Morgan fingerprint density at radius 2 is 2.26 bits per heavy atom. The van der Waals surface area contributed by atoms with Gasteiger partial charge in [-0.25, -0.2) is 0 Å². The van der Waals surface area contributed by atoms with Crippen molar-refractivity contribution in [2.24, 2.45) is 0 Å². The van der Waals surface area contributed by atoms with Crippen molar-refractivity contribution in [2.45, 2.75) is 18.9 Å². The average Bonchev–Trinajstić information content (AvgIpc) is 3.07. The molecule has 2 aromatic rings. The quantitative estimate of drug-likeness (QED) is 0.900. The van der Waals surface area contributed by atoms with Crippen LogP contribution < -0.4 is 10.2 Å². The summed E-state index contributed by atoms with van der Waals surface area (Å²) in [7, 11) is 2.03. The number of hydrogen-bond acceptors (Lipinski definition) is 5. The van der Waals surface area contributed by atoms with Crippen molar-refractivity contribution in [3.8, 4) is 10.7 Å². The Labute approximate surface area is 124 Å². The van der Waals surface area contributed by atoms with Gasteiger partial charge in [0.25, 0.3) is 0 Å². The largest absolute Gasteiger partial charge is 0.339 e. The molecule has 2 aromatic heterocycles. The van der Waals surface area contributed by atoms with Crippen molar-refractivity contribution in [3.05, 3.63) is 15.9 Å². The van der Waals surface area contributed by atoms with E-state index in [9.17, 15) is 0 Å². The van der Waals surface area contributed by atoms with Gasteiger partial charge < -0.3 is 10.2 Å². The first-order valence-corrected chi connectivity index (χ1v) is 8.03. The molecule has 5 nitrogen and oxygen atoms in total. The van der Waals surface area contributed by atoms with E-state index < -0.39 is 0 Å². The Kier molecular flexibility index (Phi) is 3.86. The van der Waals surface area contributed by atoms with E-state index >= 15 is 0 Å². The van der Waals surface area contributed by atoms with E-state index in [1.807, 2.05) is 18.5 Å². The van der Waals surface area contributed by atoms with E-state index in [2.05, 4.69) is 41.3 Å². The van der Waals surface area contributed by atoms with Gasteiger partial charge in [0, 0.05) is 23.6 Å². The topological polar surface area (TPSA) is 56.8 Å². The van der Waals surface area contributed by atoms with Crippen LogP contribution in [0.15, 0.2) is 15.9 Å². The molecular formula is C12H16BrN5S. The summed E-state index contributed by atoms with van der Waals surface area (Å²) in [5.41, 5.74) is 0. The summed E-state index contributed by atoms with van der Waals surface area (Å²) in [4.78, 5) is 7.95. The first-order chi connectivity index (χ1) is 9.28. The molecule has 0 bridgehead atoms. The molecule has 1 fully saturated rings. The number of aromatic amines is 1. The molecule has 3 rings (SSSR count). The number of hydrogen-bond donors (Lipinski definition) is 2. The minimum Gasteiger partial charge on any atom is -0.339 e. The Bertz CT molecular complexity index is 544. The Morgan fingerprint density at radius 1 is 1.47 bits per heavy atom. The van der Waals surface area contributed by atoms with Gasteiger partial charge in [-0.1, -0.05) is 0 Å². The standard InChI is InChI=1S/C12H16BrN5S/c1-14-8-2-5-18(6-3-8)12-15-11(16-17-12)10-9(13)4-7-19-10/h4,7-8,14H,2-3,5-6H2,1H3,(H,15,16,17). The number of H-pyrrole nitrogens is 1. The van der Waals surface area contributed by atoms with Crippen LogP contribution in [0.25, 0.3) is 10.7 Å². The van der Waals surface area contributed by atoms with Crippen LogP contribution in [0.1, 0.15) is 12.8 Å². The molecule has 1 aliphatic heterocycles. The molecule has 0 saturated carbocycles. The highest BCUT2D eigenvalue weighted by Crippen LogP contribution is 2.32. The molecule has 1 aliphatic rings. The van der Waals surface area contributed by atoms with Crippen LogP contribution in [-0.2, 0) is 0 Å². The van der Waals surface area contributed by atoms with Crippen molar-refractivity contribution >= 4 is 33.2 Å². The molecule has 0 amide bonds. The normalized spacial score (nSPS) is 17.1. The monoisotopic (exact) mass is 341 g/mol. The number of rotatable bonds is 3. The number of nitrogens with zero attached hydrogens (tertiary/aromatic N) is 3. The van der Waals surface area contributed by atoms with Gasteiger partial charge in [-0.2, -0.15) is 4.98 Å². The summed E-state index contributed by atoms with van der Waals surface area (Å²) in [6.07, 6.45) is 2.28. The fourth-order valence-corrected chi connectivity index (χ4v) is 3.83. The molecule has 102 valence electrons. The molecular weight excluding hydrogens is 326 g/mol. The second-order valence-electron chi connectivity index (χ2n) is 4.63. The number of piperidine rings is 1. The van der Waals surface area contributed by atoms with E-state index in [4.69, 9.17) is 0 Å². The van der Waals surface area contributed by atoms with Crippen LogP contribution >= 0.6 is 27.3 Å². The van der Waals surface area contributed by atoms with Crippen molar-refractivity contribution in [3.63, 3.8) is 0 Å². The summed E-state index contributed by atoms with van der Waals surface area (Å²) < 4.78 is 1.06. The first kappa shape index (κ1) is 13.1. The third kappa shape index (κ3) is 2.68. The summed E-state index contributed by atoms with van der Waals surface area (Å²) in [5, 5.41) is 12.7. The van der Waals surface area contributed by atoms with E-state index in [1.54, 1.807) is 11.3 Å². The second kappa shape index (κ2) is 5.60. The lowest BCUT2D eigenvalue weighted by Crippen LogP contribution is -2.41. The zero-order valence-corrected chi connectivity index (χ0v) is 13.1. The SMILES string of the molecule is CNC1CCN(c2n[nH]c(-c3sccc3Br)n2)CC1. The lowest BCUT2D eigenvalue weighted by atomic mass is 10.1. The van der Waals surface area contributed by atoms with Crippen molar-refractivity contribution in [1.29, 1.82) is 0 Å². The lowest BCUT2D eigenvalue weighted by Gasteiger charge is -2.30. The van der Waals surface area contributed by atoms with E-state index in [0.29, 0.717) is 6.04 Å². The molecule has 0 radical (unpaired) electrons. The second-order valence-corrected chi connectivity index (χ2v) is 6.40. The van der Waals surface area contributed by atoms with Gasteiger partial charge in [-0.15, -0.1) is 16.4 Å². The van der Waals surface area contributed by atoms with Gasteiger partial charge in [-0.05, 0) is 47.3 Å². The molecule has 0 atom stereocenters. The Morgan fingerprint density at radius 3 is 2.89 bits per heavy atom. The van der Waals surface area contributed by atoms with Crippen LogP contribution in [0.3, 0.4) is 0 Å². The summed E-state index contributed by atoms with van der Waals surface area (Å²) in [6.45, 7) is 2.02. The van der Waals surface area contributed by atoms with Crippen LogP contribution in [0, 0.1) is 0 Å². The maximum atomic E-state index is 4.61. The first-order valence-electron chi connectivity index (χ1n) is 6.36. The minimum absolute atomic E-state index is 0.626. The zero-order valence-electron chi connectivity index (χ0n) is 10.7. The fourth-order valence-electron chi connectivity index (χ4n) is 2.33. The minimum atomic E-state index is 0.626. The van der Waals surface area contributed by atoms with Gasteiger partial charge in [-0.3, -0.25) is 5.10 Å². The third-order valence-corrected chi connectivity index (χ3v) is 5.34. The van der Waals surface area contributed by atoms with Crippen molar-refractivity contribution in [1.82, 2.24) is 20.5 Å². The average molecular weight is 342 g/mol. The Balaban J connectivity index is 1.74. The number of halogens is 1. The summed E-state index contributed by atoms with van der Waals surface area (Å²) in [5.74, 6) is 1.65. The molecule has 0 spiro atoms. The van der Waals surface area contributed by atoms with Gasteiger partial charge >= 0.3 is 0 Å². The molecule has 1 saturated heterocycles. The zero-order chi connectivity index (χ0) is 13.2. The van der Waals surface area contributed by atoms with Crippen molar-refractivity contribution in [2.75, 3.05) is 25.0 Å². The number of anilines is 1. The highest BCUT2D eigenvalue weighted by atomic mass is 79.9. The van der Waals surface area contributed by atoms with Gasteiger partial charge in [0.05, 0.1) is 4.88 Å². The number of nitrogens with one attached hydrogen (secondary N) is 2. The predicted octanol–water partition coefficient (Wildman–Crippen LogP) is 2.48. The molecule has 0 aliphatic carbocycles. The maximum absolute atomic E-state index is 4.61. The van der Waals surface area contributed by atoms with Crippen LogP contribution in [0.4, 0.5) is 5.95 Å². The van der Waals surface area contributed by atoms with E-state index in [1.165, 1.54) is 0 Å². The summed E-state index contributed by atoms with van der Waals surface area (Å²) in [6, 6.07) is 2.65. The highest BCUT2D eigenvalue weighted by Gasteiger charge is 2.21. The lowest BCUT2D eigenvalue weighted by molar-refractivity contribution is 0.439. The van der Waals surface area contributed by atoms with Crippen LogP contribution in [0.5, 0.6) is 0 Å². The highest BCUT2D eigenvalue weighted by molar-refractivity contribution is 9.10. The van der Waals surface area contributed by atoms with Gasteiger partial charge in [0.1, 0.15) is 0 Å². The smallest absolute Gasteiger partial charge is 0.245 e. The van der Waals surface area contributed by atoms with Gasteiger partial charge in [0.15, 0.2) is 5.82 Å². The Hall–Kier alpha value is -0.920. The number of aromatic nitrogens is 3. The van der Waals surface area contributed by atoms with E-state index in [0.717, 1.165) is 47.1 Å². The van der Waals surface area contributed by atoms with Crippen LogP contribution in [-0.4, -0.2) is 41.4 Å². The van der Waals surface area contributed by atoms with E-state index in [-0.39, 0.29) is 0 Å². The summed E-state index contributed by atoms with van der Waals surface area (Å²) >= 11 is 5.18. The van der Waals surface area contributed by atoms with Crippen LogP contribution in [0.2, 0.25) is 0 Å². The number of thiophene rings is 1. The molecule has 7 heteroatoms.